The molecular weight excluding hydrogens is 274 g/mol. The van der Waals surface area contributed by atoms with Crippen LogP contribution in [0.1, 0.15) is 23.7 Å². The number of amides is 2. The average Bonchev–Trinajstić information content (AvgIpc) is 2.16. The van der Waals surface area contributed by atoms with Crippen LogP contribution in [0.25, 0.3) is 0 Å². The van der Waals surface area contributed by atoms with Crippen LogP contribution < -0.4 is 11.1 Å². The highest BCUT2D eigenvalue weighted by Crippen LogP contribution is 2.08. The monoisotopic (exact) mass is 285 g/mol. The van der Waals surface area contributed by atoms with E-state index in [9.17, 15) is 9.59 Å². The predicted octanol–water partition coefficient (Wildman–Crippen LogP) is 0.838. The van der Waals surface area contributed by atoms with Gasteiger partial charge in [0.25, 0.3) is 5.91 Å². The molecule has 0 spiro atoms. The van der Waals surface area contributed by atoms with E-state index in [0.29, 0.717) is 10.2 Å². The Morgan fingerprint density at radius 1 is 1.62 bits per heavy atom. The summed E-state index contributed by atoms with van der Waals surface area (Å²) in [4.78, 5) is 26.2. The van der Waals surface area contributed by atoms with E-state index in [1.165, 1.54) is 6.20 Å². The van der Waals surface area contributed by atoms with E-state index in [0.717, 1.165) is 0 Å². The van der Waals surface area contributed by atoms with Gasteiger partial charge in [-0.1, -0.05) is 0 Å². The highest BCUT2D eigenvalue weighted by Gasteiger charge is 2.11. The van der Waals surface area contributed by atoms with E-state index in [2.05, 4.69) is 26.2 Å². The Bertz CT molecular complexity index is 409. The number of halogens is 1. The largest absolute Gasteiger partial charge is 0.370 e. The van der Waals surface area contributed by atoms with Gasteiger partial charge in [0.05, 0.1) is 0 Å². The molecule has 5 nitrogen and oxygen atoms in total. The zero-order valence-electron chi connectivity index (χ0n) is 8.74. The molecule has 1 heterocycles. The first kappa shape index (κ1) is 12.6. The van der Waals surface area contributed by atoms with Gasteiger partial charge in [0, 0.05) is 24.2 Å². The predicted molar refractivity (Wildman–Crippen MR) is 62.7 cm³/mol. The van der Waals surface area contributed by atoms with Crippen LogP contribution in [0.15, 0.2) is 22.9 Å². The second-order valence-electron chi connectivity index (χ2n) is 3.41. The summed E-state index contributed by atoms with van der Waals surface area (Å²) in [7, 11) is 0. The molecular formula is C10H12BrN3O2. The molecule has 1 aromatic heterocycles. The number of hydrogen-bond acceptors (Lipinski definition) is 3. The Kier molecular flexibility index (Phi) is 4.42. The fourth-order valence-corrected chi connectivity index (χ4v) is 1.57. The number of primary amides is 1. The number of carbonyl (C=O) groups excluding carboxylic acids is 2. The van der Waals surface area contributed by atoms with E-state index in [1.54, 1.807) is 19.1 Å². The lowest BCUT2D eigenvalue weighted by atomic mass is 10.2. The Morgan fingerprint density at radius 3 is 2.88 bits per heavy atom. The van der Waals surface area contributed by atoms with Crippen LogP contribution in [0.3, 0.4) is 0 Å². The number of nitrogens with two attached hydrogens (primary N) is 1. The zero-order valence-corrected chi connectivity index (χ0v) is 10.3. The third-order valence-electron chi connectivity index (χ3n) is 1.87. The Balaban J connectivity index is 2.62. The van der Waals surface area contributed by atoms with Crippen LogP contribution in [0.5, 0.6) is 0 Å². The minimum Gasteiger partial charge on any atom is -0.370 e. The third kappa shape index (κ3) is 3.98. The molecule has 1 atom stereocenters. The quantitative estimate of drug-likeness (QED) is 0.804. The fourth-order valence-electron chi connectivity index (χ4n) is 1.20. The summed E-state index contributed by atoms with van der Waals surface area (Å²) in [6.45, 7) is 1.72. The summed E-state index contributed by atoms with van der Waals surface area (Å²) in [6, 6.07) is 2.92. The van der Waals surface area contributed by atoms with Gasteiger partial charge >= 0.3 is 0 Å². The molecule has 0 aliphatic rings. The van der Waals surface area contributed by atoms with E-state index in [-0.39, 0.29) is 18.4 Å². The van der Waals surface area contributed by atoms with Crippen molar-refractivity contribution in [1.29, 1.82) is 0 Å². The molecule has 0 bridgehead atoms. The smallest absolute Gasteiger partial charge is 0.251 e. The minimum atomic E-state index is -0.441. The van der Waals surface area contributed by atoms with Gasteiger partial charge in [-0.25, -0.2) is 4.98 Å². The number of aromatic nitrogens is 1. The fraction of sp³-hybridized carbons (Fsp3) is 0.300. The van der Waals surface area contributed by atoms with Crippen molar-refractivity contribution in [2.45, 2.75) is 19.4 Å². The summed E-state index contributed by atoms with van der Waals surface area (Å²) in [6.07, 6.45) is 1.65. The summed E-state index contributed by atoms with van der Waals surface area (Å²) in [5, 5.41) is 2.67. The van der Waals surface area contributed by atoms with Gasteiger partial charge in [0.2, 0.25) is 5.91 Å². The minimum absolute atomic E-state index is 0.123. The average molecular weight is 286 g/mol. The topological polar surface area (TPSA) is 85.1 Å². The number of nitrogens with zero attached hydrogens (tertiary/aromatic N) is 1. The molecule has 0 fully saturated rings. The van der Waals surface area contributed by atoms with Crippen LogP contribution in [0, 0.1) is 0 Å². The Morgan fingerprint density at radius 2 is 2.31 bits per heavy atom. The van der Waals surface area contributed by atoms with Crippen molar-refractivity contribution < 1.29 is 9.59 Å². The number of rotatable bonds is 4. The van der Waals surface area contributed by atoms with Gasteiger partial charge in [0.1, 0.15) is 4.60 Å². The van der Waals surface area contributed by atoms with Gasteiger partial charge in [-0.05, 0) is 35.0 Å². The first-order chi connectivity index (χ1) is 7.49. The van der Waals surface area contributed by atoms with Crippen molar-refractivity contribution in [3.8, 4) is 0 Å². The van der Waals surface area contributed by atoms with Crippen molar-refractivity contribution >= 4 is 27.7 Å². The highest BCUT2D eigenvalue weighted by molar-refractivity contribution is 9.10. The maximum atomic E-state index is 11.7. The first-order valence-electron chi connectivity index (χ1n) is 4.69. The molecule has 2 amide bonds. The molecule has 0 radical (unpaired) electrons. The SMILES string of the molecule is CC(CC(N)=O)NC(=O)c1ccnc(Br)c1. The van der Waals surface area contributed by atoms with E-state index >= 15 is 0 Å². The van der Waals surface area contributed by atoms with Crippen molar-refractivity contribution in [1.82, 2.24) is 10.3 Å². The van der Waals surface area contributed by atoms with Crippen molar-refractivity contribution in [2.75, 3.05) is 0 Å². The van der Waals surface area contributed by atoms with E-state index in [1.807, 2.05) is 0 Å². The van der Waals surface area contributed by atoms with Gasteiger partial charge in [-0.2, -0.15) is 0 Å². The summed E-state index contributed by atoms with van der Waals surface area (Å²) >= 11 is 3.17. The van der Waals surface area contributed by atoms with E-state index in [4.69, 9.17) is 5.73 Å². The maximum Gasteiger partial charge on any atom is 0.251 e. The number of nitrogens with one attached hydrogen (secondary N) is 1. The van der Waals surface area contributed by atoms with Gasteiger partial charge in [-0.3, -0.25) is 9.59 Å². The lowest BCUT2D eigenvalue weighted by molar-refractivity contribution is -0.118. The highest BCUT2D eigenvalue weighted by atomic mass is 79.9. The van der Waals surface area contributed by atoms with Crippen LogP contribution in [-0.2, 0) is 4.79 Å². The Labute approximate surface area is 102 Å². The molecule has 6 heteroatoms. The molecule has 0 saturated heterocycles. The van der Waals surface area contributed by atoms with Crippen LogP contribution >= 0.6 is 15.9 Å². The van der Waals surface area contributed by atoms with E-state index < -0.39 is 5.91 Å². The van der Waals surface area contributed by atoms with Gasteiger partial charge < -0.3 is 11.1 Å². The molecule has 0 aliphatic carbocycles. The van der Waals surface area contributed by atoms with Crippen molar-refractivity contribution in [2.24, 2.45) is 5.73 Å². The number of hydrogen-bond donors (Lipinski definition) is 2. The molecule has 16 heavy (non-hydrogen) atoms. The maximum absolute atomic E-state index is 11.7. The third-order valence-corrected chi connectivity index (χ3v) is 2.31. The zero-order chi connectivity index (χ0) is 12.1. The molecule has 86 valence electrons. The molecule has 1 unspecified atom stereocenters. The lowest BCUT2D eigenvalue weighted by Gasteiger charge is -2.11. The second kappa shape index (κ2) is 5.60. The van der Waals surface area contributed by atoms with Crippen LogP contribution in [0.2, 0.25) is 0 Å². The number of pyridine rings is 1. The normalized spacial score (nSPS) is 11.9. The summed E-state index contributed by atoms with van der Waals surface area (Å²) < 4.78 is 0.586. The first-order valence-corrected chi connectivity index (χ1v) is 5.49. The molecule has 0 aliphatic heterocycles. The molecule has 0 saturated carbocycles. The van der Waals surface area contributed by atoms with Gasteiger partial charge in [0.15, 0.2) is 0 Å². The van der Waals surface area contributed by atoms with Crippen molar-refractivity contribution in [3.05, 3.63) is 28.5 Å². The molecule has 1 rings (SSSR count). The number of carbonyl (C=O) groups is 2. The lowest BCUT2D eigenvalue weighted by Crippen LogP contribution is -2.35. The van der Waals surface area contributed by atoms with Crippen molar-refractivity contribution in [3.63, 3.8) is 0 Å². The summed E-state index contributed by atoms with van der Waals surface area (Å²) in [5.41, 5.74) is 5.51. The Hall–Kier alpha value is -1.43. The van der Waals surface area contributed by atoms with Crippen LogP contribution in [-0.4, -0.2) is 22.8 Å². The van der Waals surface area contributed by atoms with Gasteiger partial charge in [-0.15, -0.1) is 0 Å². The second-order valence-corrected chi connectivity index (χ2v) is 4.22. The molecule has 3 N–H and O–H groups in total. The molecule has 1 aromatic rings. The molecule has 0 aromatic carbocycles. The summed E-state index contributed by atoms with van der Waals surface area (Å²) in [5.74, 6) is -0.694. The standard InChI is InChI=1S/C10H12BrN3O2/c1-6(4-9(12)15)14-10(16)7-2-3-13-8(11)5-7/h2-3,5-6H,4H2,1H3,(H2,12,15)(H,14,16). The van der Waals surface area contributed by atoms with Crippen LogP contribution in [0.4, 0.5) is 0 Å².